The van der Waals surface area contributed by atoms with Gasteiger partial charge in [-0.2, -0.15) is 0 Å². The quantitative estimate of drug-likeness (QED) is 0.736. The summed E-state index contributed by atoms with van der Waals surface area (Å²) in [7, 11) is 0. The number of carbonyl (C=O) groups excluding carboxylic acids is 2. The molecular weight excluding hydrogens is 403 g/mol. The van der Waals surface area contributed by atoms with Gasteiger partial charge in [0.2, 0.25) is 5.91 Å². The predicted molar refractivity (Wildman–Crippen MR) is 109 cm³/mol. The van der Waals surface area contributed by atoms with E-state index in [4.69, 9.17) is 23.2 Å². The van der Waals surface area contributed by atoms with E-state index in [1.54, 1.807) is 34.9 Å². The first kappa shape index (κ1) is 18.7. The van der Waals surface area contributed by atoms with E-state index in [2.05, 4.69) is 12.1 Å². The third-order valence-corrected chi connectivity index (χ3v) is 6.65. The molecular formula is C20H18Cl2N2O2S. The Labute approximate surface area is 172 Å². The number of nitrogens with zero attached hydrogens (tertiary/aromatic N) is 2. The van der Waals surface area contributed by atoms with Crippen molar-refractivity contribution in [3.8, 4) is 0 Å². The molecule has 0 spiro atoms. The summed E-state index contributed by atoms with van der Waals surface area (Å²) in [5, 5.41) is 0.825. The van der Waals surface area contributed by atoms with Crippen molar-refractivity contribution in [3.05, 3.63) is 63.6 Å². The van der Waals surface area contributed by atoms with E-state index in [1.165, 1.54) is 10.5 Å². The Morgan fingerprint density at radius 2 is 1.56 bits per heavy atom. The van der Waals surface area contributed by atoms with Gasteiger partial charge in [0.05, 0.1) is 5.25 Å². The minimum absolute atomic E-state index is 0.0589. The highest BCUT2D eigenvalue weighted by Crippen LogP contribution is 2.37. The molecule has 0 saturated carbocycles. The molecule has 2 amide bonds. The second kappa shape index (κ2) is 7.74. The van der Waals surface area contributed by atoms with E-state index < -0.39 is 0 Å². The Morgan fingerprint density at radius 1 is 0.926 bits per heavy atom. The van der Waals surface area contributed by atoms with E-state index >= 15 is 0 Å². The normalized spacial score (nSPS) is 19.1. The number of piperazine rings is 1. The van der Waals surface area contributed by atoms with Gasteiger partial charge < -0.3 is 9.80 Å². The Hall–Kier alpha value is -1.69. The molecule has 1 unspecified atom stereocenters. The molecule has 1 atom stereocenters. The van der Waals surface area contributed by atoms with E-state index in [0.717, 1.165) is 6.42 Å². The molecule has 0 aromatic heterocycles. The van der Waals surface area contributed by atoms with E-state index in [0.29, 0.717) is 41.8 Å². The lowest BCUT2D eigenvalue weighted by Crippen LogP contribution is -2.52. The molecule has 0 radical (unpaired) electrons. The van der Waals surface area contributed by atoms with Gasteiger partial charge in [-0.1, -0.05) is 41.4 Å². The van der Waals surface area contributed by atoms with E-state index in [9.17, 15) is 9.59 Å². The first-order valence-electron chi connectivity index (χ1n) is 8.80. The molecule has 2 aliphatic heterocycles. The standard InChI is InChI=1S/C20H18Cl2N2O2S/c21-15-9-14(10-16(22)12-15)19(25)23-5-7-24(8-6-23)20(26)18-11-13-3-1-2-4-17(13)27-18/h1-4,9-10,12,18H,5-8,11H2. The second-order valence-corrected chi connectivity index (χ2v) is 8.81. The van der Waals surface area contributed by atoms with Crippen molar-refractivity contribution in [1.82, 2.24) is 9.80 Å². The van der Waals surface area contributed by atoms with Crippen LogP contribution in [0.1, 0.15) is 15.9 Å². The molecule has 7 heteroatoms. The van der Waals surface area contributed by atoms with Crippen molar-refractivity contribution in [2.24, 2.45) is 0 Å². The minimum atomic E-state index is -0.103. The van der Waals surface area contributed by atoms with Gasteiger partial charge in [-0.15, -0.1) is 11.8 Å². The van der Waals surface area contributed by atoms with Crippen molar-refractivity contribution in [1.29, 1.82) is 0 Å². The zero-order chi connectivity index (χ0) is 19.0. The Kier molecular flexibility index (Phi) is 5.35. The van der Waals surface area contributed by atoms with Crippen LogP contribution < -0.4 is 0 Å². The van der Waals surface area contributed by atoms with E-state index in [-0.39, 0.29) is 17.1 Å². The molecule has 2 aliphatic rings. The van der Waals surface area contributed by atoms with Gasteiger partial charge in [-0.3, -0.25) is 9.59 Å². The SMILES string of the molecule is O=C(c1cc(Cl)cc(Cl)c1)N1CCN(C(=O)C2Cc3ccccc3S2)CC1. The number of hydrogen-bond acceptors (Lipinski definition) is 3. The lowest BCUT2D eigenvalue weighted by atomic mass is 10.1. The van der Waals surface area contributed by atoms with Gasteiger partial charge in [0.25, 0.3) is 5.91 Å². The third kappa shape index (κ3) is 3.96. The van der Waals surface area contributed by atoms with Crippen LogP contribution in [0.4, 0.5) is 0 Å². The van der Waals surface area contributed by atoms with Crippen LogP contribution >= 0.6 is 35.0 Å². The number of benzene rings is 2. The summed E-state index contributed by atoms with van der Waals surface area (Å²) in [5.74, 6) is 0.0586. The van der Waals surface area contributed by atoms with Crippen LogP contribution in [0.5, 0.6) is 0 Å². The molecule has 0 bridgehead atoms. The Balaban J connectivity index is 1.36. The molecule has 1 fully saturated rings. The second-order valence-electron chi connectivity index (χ2n) is 6.69. The molecule has 4 nitrogen and oxygen atoms in total. The maximum atomic E-state index is 12.9. The highest BCUT2D eigenvalue weighted by atomic mass is 35.5. The van der Waals surface area contributed by atoms with Crippen LogP contribution in [-0.2, 0) is 11.2 Å². The highest BCUT2D eigenvalue weighted by Gasteiger charge is 2.33. The minimum Gasteiger partial charge on any atom is -0.338 e. The number of amides is 2. The topological polar surface area (TPSA) is 40.6 Å². The highest BCUT2D eigenvalue weighted by molar-refractivity contribution is 8.01. The predicted octanol–water partition coefficient (Wildman–Crippen LogP) is 3.99. The molecule has 2 aromatic rings. The number of thioether (sulfide) groups is 1. The van der Waals surface area contributed by atoms with Crippen molar-refractivity contribution in [2.75, 3.05) is 26.2 Å². The zero-order valence-electron chi connectivity index (χ0n) is 14.5. The summed E-state index contributed by atoms with van der Waals surface area (Å²) in [6.45, 7) is 2.12. The average Bonchev–Trinajstić information content (AvgIpc) is 3.10. The summed E-state index contributed by atoms with van der Waals surface area (Å²) < 4.78 is 0. The van der Waals surface area contributed by atoms with Crippen molar-refractivity contribution >= 4 is 46.8 Å². The largest absolute Gasteiger partial charge is 0.338 e. The van der Waals surface area contributed by atoms with Gasteiger partial charge in [-0.05, 0) is 36.2 Å². The molecule has 0 aliphatic carbocycles. The number of rotatable bonds is 2. The smallest absolute Gasteiger partial charge is 0.254 e. The lowest BCUT2D eigenvalue weighted by molar-refractivity contribution is -0.132. The zero-order valence-corrected chi connectivity index (χ0v) is 16.9. The summed E-state index contributed by atoms with van der Waals surface area (Å²) in [4.78, 5) is 30.4. The fourth-order valence-electron chi connectivity index (χ4n) is 3.51. The van der Waals surface area contributed by atoms with Crippen molar-refractivity contribution < 1.29 is 9.59 Å². The van der Waals surface area contributed by atoms with Crippen LogP contribution in [0.2, 0.25) is 10.0 Å². The van der Waals surface area contributed by atoms with Gasteiger partial charge in [0.1, 0.15) is 0 Å². The van der Waals surface area contributed by atoms with Crippen LogP contribution in [0.3, 0.4) is 0 Å². The van der Waals surface area contributed by atoms with Crippen molar-refractivity contribution in [3.63, 3.8) is 0 Å². The monoisotopic (exact) mass is 420 g/mol. The molecule has 0 N–H and O–H groups in total. The summed E-state index contributed by atoms with van der Waals surface area (Å²) >= 11 is 13.6. The molecule has 1 saturated heterocycles. The van der Waals surface area contributed by atoms with Gasteiger partial charge in [0.15, 0.2) is 0 Å². The average molecular weight is 421 g/mol. The summed E-state index contributed by atoms with van der Waals surface area (Å²) in [6, 6.07) is 13.0. The fraction of sp³-hybridized carbons (Fsp3) is 0.300. The molecule has 4 rings (SSSR count). The number of carbonyl (C=O) groups is 2. The third-order valence-electron chi connectivity index (χ3n) is 4.91. The Bertz CT molecular complexity index is 852. The maximum absolute atomic E-state index is 12.9. The Morgan fingerprint density at radius 3 is 2.22 bits per heavy atom. The van der Waals surface area contributed by atoms with Crippen molar-refractivity contribution in [2.45, 2.75) is 16.6 Å². The molecule has 27 heavy (non-hydrogen) atoms. The first-order valence-corrected chi connectivity index (χ1v) is 10.4. The number of hydrogen-bond donors (Lipinski definition) is 0. The van der Waals surface area contributed by atoms with Gasteiger partial charge in [0, 0.05) is 46.7 Å². The van der Waals surface area contributed by atoms with Crippen LogP contribution in [0.25, 0.3) is 0 Å². The number of halogens is 2. The van der Waals surface area contributed by atoms with Crippen LogP contribution in [0, 0.1) is 0 Å². The summed E-state index contributed by atoms with van der Waals surface area (Å²) in [6.07, 6.45) is 0.778. The first-order chi connectivity index (χ1) is 13.0. The molecule has 2 aromatic carbocycles. The lowest BCUT2D eigenvalue weighted by Gasteiger charge is -2.36. The van der Waals surface area contributed by atoms with E-state index in [1.807, 2.05) is 17.0 Å². The molecule has 140 valence electrons. The fourth-order valence-corrected chi connectivity index (χ4v) is 5.32. The van der Waals surface area contributed by atoms with Crippen LogP contribution in [-0.4, -0.2) is 53.0 Å². The molecule has 2 heterocycles. The van der Waals surface area contributed by atoms with Gasteiger partial charge in [-0.25, -0.2) is 0 Å². The van der Waals surface area contributed by atoms with Gasteiger partial charge >= 0.3 is 0 Å². The van der Waals surface area contributed by atoms with Crippen LogP contribution in [0.15, 0.2) is 47.4 Å². The maximum Gasteiger partial charge on any atom is 0.254 e. The summed E-state index contributed by atoms with van der Waals surface area (Å²) in [5.41, 5.74) is 1.72. The number of fused-ring (bicyclic) bond motifs is 1.